The van der Waals surface area contributed by atoms with E-state index in [0.717, 1.165) is 0 Å². The van der Waals surface area contributed by atoms with Gasteiger partial charge in [-0.1, -0.05) is 53.5 Å². The molecule has 3 aromatic carbocycles. The third-order valence-corrected chi connectivity index (χ3v) is 4.32. The Kier molecular flexibility index (Phi) is 5.74. The fourth-order valence-corrected chi connectivity index (χ4v) is 3.04. The maximum atomic E-state index is 12.8. The highest BCUT2D eigenvalue weighted by atomic mass is 35.5. The lowest BCUT2D eigenvalue weighted by atomic mass is 10.0. The van der Waals surface area contributed by atoms with Crippen molar-refractivity contribution in [2.75, 3.05) is 7.11 Å². The minimum Gasteiger partial charge on any atom is -0.496 e. The maximum Gasteiger partial charge on any atom is 0.196 e. The fraction of sp³-hybridized carbons (Fsp3) is 0.0500. The number of nitrogens with zero attached hydrogens (tertiary/aromatic N) is 1. The minimum atomic E-state index is -0.212. The molecule has 0 fully saturated rings. The van der Waals surface area contributed by atoms with Crippen molar-refractivity contribution in [3.63, 3.8) is 0 Å². The summed E-state index contributed by atoms with van der Waals surface area (Å²) in [5, 5.41) is 3.06. The molecule has 0 radical (unpaired) electrons. The second-order valence-corrected chi connectivity index (χ2v) is 6.30. The number of benzene rings is 3. The zero-order valence-electron chi connectivity index (χ0n) is 14.1. The number of ketones is 1. The monoisotopic (exact) mass is 401 g/mol. The first-order valence-electron chi connectivity index (χ1n) is 7.81. The summed E-state index contributed by atoms with van der Waals surface area (Å²) in [6.45, 7) is 0. The average molecular weight is 402 g/mol. The van der Waals surface area contributed by atoms with Crippen LogP contribution >= 0.6 is 23.2 Å². The van der Waals surface area contributed by atoms with Gasteiger partial charge in [0.15, 0.2) is 11.5 Å². The van der Waals surface area contributed by atoms with Crippen LogP contribution in [0.2, 0.25) is 10.0 Å². The predicted octanol–water partition coefficient (Wildman–Crippen LogP) is 6.42. The van der Waals surface area contributed by atoms with E-state index in [4.69, 9.17) is 32.7 Å². The van der Waals surface area contributed by atoms with Crippen molar-refractivity contribution in [3.05, 3.63) is 86.7 Å². The number of carbonyl (C=O) groups is 1. The van der Waals surface area contributed by atoms with E-state index in [1.165, 1.54) is 19.2 Å². The molecule has 0 amide bonds. The molecule has 7 heteroatoms. The van der Waals surface area contributed by atoms with Gasteiger partial charge in [0.1, 0.15) is 17.2 Å². The Morgan fingerprint density at radius 2 is 1.63 bits per heavy atom. The normalized spacial score (nSPS) is 10.3. The zero-order chi connectivity index (χ0) is 19.4. The SMILES string of the molecule is COc1ccc(Oc2c(Cl)cc(N=O)cc2Cl)cc1C(=O)c1ccccc1. The van der Waals surface area contributed by atoms with Gasteiger partial charge in [0.2, 0.25) is 0 Å². The van der Waals surface area contributed by atoms with Gasteiger partial charge < -0.3 is 9.47 Å². The van der Waals surface area contributed by atoms with E-state index in [-0.39, 0.29) is 27.3 Å². The molecule has 0 aliphatic carbocycles. The summed E-state index contributed by atoms with van der Waals surface area (Å²) in [6.07, 6.45) is 0. The first-order valence-corrected chi connectivity index (χ1v) is 8.57. The van der Waals surface area contributed by atoms with Gasteiger partial charge in [-0.15, -0.1) is 4.91 Å². The fourth-order valence-electron chi connectivity index (χ4n) is 2.49. The highest BCUT2D eigenvalue weighted by molar-refractivity contribution is 6.37. The van der Waals surface area contributed by atoms with Crippen molar-refractivity contribution in [2.45, 2.75) is 0 Å². The summed E-state index contributed by atoms with van der Waals surface area (Å²) < 4.78 is 11.0. The Morgan fingerprint density at radius 1 is 0.963 bits per heavy atom. The van der Waals surface area contributed by atoms with Crippen molar-refractivity contribution >= 4 is 34.7 Å². The molecular weight excluding hydrogens is 389 g/mol. The van der Waals surface area contributed by atoms with Crippen LogP contribution in [0.15, 0.2) is 65.8 Å². The molecule has 0 heterocycles. The molecule has 0 saturated heterocycles. The number of methoxy groups -OCH3 is 1. The van der Waals surface area contributed by atoms with Gasteiger partial charge in [-0.3, -0.25) is 4.79 Å². The first-order chi connectivity index (χ1) is 13.0. The molecule has 27 heavy (non-hydrogen) atoms. The lowest BCUT2D eigenvalue weighted by Gasteiger charge is -2.13. The van der Waals surface area contributed by atoms with Gasteiger partial charge in [0.25, 0.3) is 0 Å². The number of hydrogen-bond donors (Lipinski definition) is 0. The van der Waals surface area contributed by atoms with E-state index < -0.39 is 0 Å². The third kappa shape index (κ3) is 4.10. The lowest BCUT2D eigenvalue weighted by Crippen LogP contribution is -2.04. The quantitative estimate of drug-likeness (QED) is 0.352. The summed E-state index contributed by atoms with van der Waals surface area (Å²) >= 11 is 12.2. The number of nitroso groups, excluding NO2 is 1. The van der Waals surface area contributed by atoms with Crippen LogP contribution in [0.4, 0.5) is 5.69 Å². The van der Waals surface area contributed by atoms with Crippen LogP contribution in [-0.4, -0.2) is 12.9 Å². The lowest BCUT2D eigenvalue weighted by molar-refractivity contribution is 0.103. The van der Waals surface area contributed by atoms with E-state index in [1.54, 1.807) is 42.5 Å². The molecule has 3 rings (SSSR count). The van der Waals surface area contributed by atoms with Crippen LogP contribution in [0.5, 0.6) is 17.2 Å². The predicted molar refractivity (Wildman–Crippen MR) is 105 cm³/mol. The van der Waals surface area contributed by atoms with Crippen LogP contribution in [-0.2, 0) is 0 Å². The van der Waals surface area contributed by atoms with Crippen LogP contribution < -0.4 is 9.47 Å². The standard InChI is InChI=1S/C20H13Cl2NO4/c1-26-18-8-7-14(11-15(18)19(24)12-5-3-2-4-6-12)27-20-16(21)9-13(23-25)10-17(20)22/h2-11H,1H3. The molecule has 0 saturated carbocycles. The van der Waals surface area contributed by atoms with Crippen molar-refractivity contribution in [2.24, 2.45) is 5.18 Å². The molecule has 0 aromatic heterocycles. The molecule has 0 N–H and O–H groups in total. The van der Waals surface area contributed by atoms with Gasteiger partial charge in [0, 0.05) is 5.56 Å². The topological polar surface area (TPSA) is 65.0 Å². The van der Waals surface area contributed by atoms with Crippen molar-refractivity contribution in [3.8, 4) is 17.2 Å². The van der Waals surface area contributed by atoms with Gasteiger partial charge in [-0.25, -0.2) is 0 Å². The van der Waals surface area contributed by atoms with E-state index in [1.807, 2.05) is 6.07 Å². The zero-order valence-corrected chi connectivity index (χ0v) is 15.6. The van der Waals surface area contributed by atoms with Crippen LogP contribution in [0.3, 0.4) is 0 Å². The second kappa shape index (κ2) is 8.20. The number of hydrogen-bond acceptors (Lipinski definition) is 5. The molecular formula is C20H13Cl2NO4. The van der Waals surface area contributed by atoms with E-state index in [9.17, 15) is 9.70 Å². The second-order valence-electron chi connectivity index (χ2n) is 5.49. The van der Waals surface area contributed by atoms with Crippen LogP contribution in [0, 0.1) is 4.91 Å². The van der Waals surface area contributed by atoms with Gasteiger partial charge in [-0.05, 0) is 35.5 Å². The molecule has 3 aromatic rings. The Morgan fingerprint density at radius 3 is 2.22 bits per heavy atom. The number of rotatable bonds is 6. The Balaban J connectivity index is 1.99. The van der Waals surface area contributed by atoms with E-state index in [2.05, 4.69) is 5.18 Å². The molecule has 0 aliphatic rings. The van der Waals surface area contributed by atoms with Gasteiger partial charge in [-0.2, -0.15) is 0 Å². The third-order valence-electron chi connectivity index (χ3n) is 3.76. The molecule has 0 spiro atoms. The van der Waals surface area contributed by atoms with Crippen molar-refractivity contribution < 1.29 is 14.3 Å². The summed E-state index contributed by atoms with van der Waals surface area (Å²) in [7, 11) is 1.48. The van der Waals surface area contributed by atoms with E-state index in [0.29, 0.717) is 22.6 Å². The Labute approximate surface area is 165 Å². The first kappa shape index (κ1) is 18.9. The largest absolute Gasteiger partial charge is 0.496 e. The molecule has 0 bridgehead atoms. The molecule has 0 atom stereocenters. The van der Waals surface area contributed by atoms with Crippen molar-refractivity contribution in [1.82, 2.24) is 0 Å². The summed E-state index contributed by atoms with van der Waals surface area (Å²) in [4.78, 5) is 23.5. The maximum absolute atomic E-state index is 12.8. The number of carbonyl (C=O) groups excluding carboxylic acids is 1. The summed E-state index contributed by atoms with van der Waals surface area (Å²) in [5.41, 5.74) is 0.942. The molecule has 0 aliphatic heterocycles. The average Bonchev–Trinajstić information content (AvgIpc) is 2.70. The number of ether oxygens (including phenoxy) is 2. The van der Waals surface area contributed by atoms with Crippen LogP contribution in [0.25, 0.3) is 0 Å². The Bertz CT molecular complexity index is 983. The summed E-state index contributed by atoms with van der Waals surface area (Å²) in [5.74, 6) is 0.698. The van der Waals surface area contributed by atoms with Gasteiger partial charge >= 0.3 is 0 Å². The van der Waals surface area contributed by atoms with Gasteiger partial charge in [0.05, 0.1) is 22.7 Å². The highest BCUT2D eigenvalue weighted by Gasteiger charge is 2.17. The van der Waals surface area contributed by atoms with E-state index >= 15 is 0 Å². The Hall–Kier alpha value is -2.89. The summed E-state index contributed by atoms with van der Waals surface area (Å²) in [6, 6.07) is 16.3. The molecule has 0 unspecified atom stereocenters. The number of halogens is 2. The molecule has 5 nitrogen and oxygen atoms in total. The minimum absolute atomic E-state index is 0.0898. The smallest absolute Gasteiger partial charge is 0.196 e. The van der Waals surface area contributed by atoms with Crippen LogP contribution in [0.1, 0.15) is 15.9 Å². The van der Waals surface area contributed by atoms with Crippen molar-refractivity contribution in [1.29, 1.82) is 0 Å². The highest BCUT2D eigenvalue weighted by Crippen LogP contribution is 2.40. The molecule has 136 valence electrons.